The standard InChI is InChI=1S/C16H21N3O/c1-12-9-13(10-17-2)11-18-16(12)19(3)14-5-7-15(20-4)8-6-14/h5-9,11,17H,10H2,1-4H3. The van der Waals surface area contributed by atoms with Crippen molar-refractivity contribution in [3.8, 4) is 5.75 Å². The first-order valence-electron chi connectivity index (χ1n) is 6.63. The van der Waals surface area contributed by atoms with Crippen LogP contribution in [0.3, 0.4) is 0 Å². The summed E-state index contributed by atoms with van der Waals surface area (Å²) >= 11 is 0. The summed E-state index contributed by atoms with van der Waals surface area (Å²) in [6.07, 6.45) is 1.92. The number of benzene rings is 1. The molecule has 0 aliphatic rings. The molecule has 0 amide bonds. The molecule has 0 radical (unpaired) electrons. The van der Waals surface area contributed by atoms with E-state index in [2.05, 4.69) is 28.2 Å². The smallest absolute Gasteiger partial charge is 0.135 e. The first kappa shape index (κ1) is 14.3. The van der Waals surface area contributed by atoms with Gasteiger partial charge < -0.3 is 15.0 Å². The molecule has 0 saturated heterocycles. The number of hydrogen-bond donors (Lipinski definition) is 1. The third kappa shape index (κ3) is 3.08. The molecule has 1 aromatic carbocycles. The van der Waals surface area contributed by atoms with E-state index < -0.39 is 0 Å². The Morgan fingerprint density at radius 1 is 1.25 bits per heavy atom. The zero-order valence-electron chi connectivity index (χ0n) is 12.5. The molecular weight excluding hydrogens is 250 g/mol. The SMILES string of the molecule is CNCc1cnc(N(C)c2ccc(OC)cc2)c(C)c1. The highest BCUT2D eigenvalue weighted by molar-refractivity contribution is 5.62. The Morgan fingerprint density at radius 3 is 2.50 bits per heavy atom. The number of nitrogens with one attached hydrogen (secondary N) is 1. The maximum Gasteiger partial charge on any atom is 0.135 e. The number of hydrogen-bond acceptors (Lipinski definition) is 4. The highest BCUT2D eigenvalue weighted by Crippen LogP contribution is 2.26. The first-order valence-corrected chi connectivity index (χ1v) is 6.63. The minimum Gasteiger partial charge on any atom is -0.497 e. The normalized spacial score (nSPS) is 10.4. The molecule has 0 aliphatic carbocycles. The summed E-state index contributed by atoms with van der Waals surface area (Å²) in [5.41, 5.74) is 3.44. The molecule has 0 atom stereocenters. The van der Waals surface area contributed by atoms with Gasteiger partial charge in [0, 0.05) is 25.5 Å². The van der Waals surface area contributed by atoms with Crippen molar-refractivity contribution in [2.75, 3.05) is 26.1 Å². The molecule has 4 nitrogen and oxygen atoms in total. The lowest BCUT2D eigenvalue weighted by Gasteiger charge is -2.21. The van der Waals surface area contributed by atoms with Crippen LogP contribution in [0.4, 0.5) is 11.5 Å². The Morgan fingerprint density at radius 2 is 1.95 bits per heavy atom. The number of anilines is 2. The summed E-state index contributed by atoms with van der Waals surface area (Å²) in [7, 11) is 5.63. The fourth-order valence-corrected chi connectivity index (χ4v) is 2.21. The van der Waals surface area contributed by atoms with Gasteiger partial charge in [0.25, 0.3) is 0 Å². The Balaban J connectivity index is 2.25. The number of methoxy groups -OCH3 is 1. The van der Waals surface area contributed by atoms with Gasteiger partial charge in [-0.3, -0.25) is 0 Å². The number of ether oxygens (including phenoxy) is 1. The van der Waals surface area contributed by atoms with Crippen molar-refractivity contribution in [3.63, 3.8) is 0 Å². The minimum absolute atomic E-state index is 0.834. The molecule has 1 heterocycles. The van der Waals surface area contributed by atoms with Crippen molar-refractivity contribution in [3.05, 3.63) is 47.7 Å². The van der Waals surface area contributed by atoms with Crippen molar-refractivity contribution < 1.29 is 4.74 Å². The van der Waals surface area contributed by atoms with Gasteiger partial charge in [-0.15, -0.1) is 0 Å². The summed E-state index contributed by atoms with van der Waals surface area (Å²) in [6.45, 7) is 2.92. The van der Waals surface area contributed by atoms with Crippen LogP contribution in [-0.4, -0.2) is 26.2 Å². The topological polar surface area (TPSA) is 37.4 Å². The van der Waals surface area contributed by atoms with Crippen LogP contribution in [0, 0.1) is 6.92 Å². The van der Waals surface area contributed by atoms with Crippen LogP contribution in [0.25, 0.3) is 0 Å². The second-order valence-corrected chi connectivity index (χ2v) is 4.77. The highest BCUT2D eigenvalue weighted by atomic mass is 16.5. The summed E-state index contributed by atoms with van der Waals surface area (Å²) < 4.78 is 5.18. The van der Waals surface area contributed by atoms with Crippen LogP contribution in [0.2, 0.25) is 0 Å². The third-order valence-electron chi connectivity index (χ3n) is 3.27. The van der Waals surface area contributed by atoms with Crippen LogP contribution < -0.4 is 15.0 Å². The van der Waals surface area contributed by atoms with Crippen LogP contribution >= 0.6 is 0 Å². The van der Waals surface area contributed by atoms with E-state index in [0.29, 0.717) is 0 Å². The Kier molecular flexibility index (Phi) is 4.58. The molecule has 1 N–H and O–H groups in total. The largest absolute Gasteiger partial charge is 0.497 e. The maximum atomic E-state index is 5.18. The van der Waals surface area contributed by atoms with Gasteiger partial charge in [0.15, 0.2) is 0 Å². The van der Waals surface area contributed by atoms with E-state index in [1.807, 2.05) is 44.6 Å². The fourth-order valence-electron chi connectivity index (χ4n) is 2.21. The minimum atomic E-state index is 0.834. The quantitative estimate of drug-likeness (QED) is 0.907. The molecule has 2 aromatic rings. The van der Waals surface area contributed by atoms with Crippen molar-refractivity contribution in [2.45, 2.75) is 13.5 Å². The Labute approximate surface area is 120 Å². The van der Waals surface area contributed by atoms with Gasteiger partial charge in [-0.05, 0) is 55.4 Å². The van der Waals surface area contributed by atoms with Crippen molar-refractivity contribution in [1.82, 2.24) is 10.3 Å². The summed E-state index contributed by atoms with van der Waals surface area (Å²) in [4.78, 5) is 6.65. The molecule has 0 unspecified atom stereocenters. The monoisotopic (exact) mass is 271 g/mol. The fraction of sp³-hybridized carbons (Fsp3) is 0.312. The third-order valence-corrected chi connectivity index (χ3v) is 3.27. The van der Waals surface area contributed by atoms with E-state index >= 15 is 0 Å². The zero-order valence-corrected chi connectivity index (χ0v) is 12.5. The lowest BCUT2D eigenvalue weighted by Crippen LogP contribution is -2.14. The van der Waals surface area contributed by atoms with Crippen LogP contribution in [0.5, 0.6) is 5.75 Å². The predicted octanol–water partition coefficient (Wildman–Crippen LogP) is 2.89. The molecule has 0 spiro atoms. The van der Waals surface area contributed by atoms with Gasteiger partial charge in [-0.2, -0.15) is 0 Å². The Bertz CT molecular complexity index is 566. The van der Waals surface area contributed by atoms with E-state index in [4.69, 9.17) is 4.74 Å². The molecular formula is C16H21N3O. The van der Waals surface area contributed by atoms with Gasteiger partial charge in [0.05, 0.1) is 7.11 Å². The maximum absolute atomic E-state index is 5.18. The average Bonchev–Trinajstić information content (AvgIpc) is 2.47. The van der Waals surface area contributed by atoms with Gasteiger partial charge in [-0.1, -0.05) is 0 Å². The van der Waals surface area contributed by atoms with E-state index in [1.54, 1.807) is 7.11 Å². The molecule has 0 saturated carbocycles. The van der Waals surface area contributed by atoms with E-state index in [0.717, 1.165) is 29.4 Å². The highest BCUT2D eigenvalue weighted by Gasteiger charge is 2.09. The number of pyridine rings is 1. The molecule has 2 rings (SSSR count). The molecule has 106 valence electrons. The summed E-state index contributed by atoms with van der Waals surface area (Å²) in [5, 5.41) is 3.14. The van der Waals surface area contributed by atoms with Crippen molar-refractivity contribution in [2.24, 2.45) is 0 Å². The number of aryl methyl sites for hydroxylation is 1. The molecule has 1 aromatic heterocycles. The molecule has 0 fully saturated rings. The molecule has 20 heavy (non-hydrogen) atoms. The van der Waals surface area contributed by atoms with Gasteiger partial charge in [0.2, 0.25) is 0 Å². The lowest BCUT2D eigenvalue weighted by atomic mass is 10.2. The predicted molar refractivity (Wildman–Crippen MR) is 82.8 cm³/mol. The van der Waals surface area contributed by atoms with E-state index in [1.165, 1.54) is 5.56 Å². The van der Waals surface area contributed by atoms with Crippen LogP contribution in [0.1, 0.15) is 11.1 Å². The number of rotatable bonds is 5. The van der Waals surface area contributed by atoms with Gasteiger partial charge in [0.1, 0.15) is 11.6 Å². The number of nitrogens with zero attached hydrogens (tertiary/aromatic N) is 2. The van der Waals surface area contributed by atoms with Crippen molar-refractivity contribution >= 4 is 11.5 Å². The van der Waals surface area contributed by atoms with Crippen LogP contribution in [0.15, 0.2) is 36.5 Å². The first-order chi connectivity index (χ1) is 9.65. The van der Waals surface area contributed by atoms with E-state index in [9.17, 15) is 0 Å². The second kappa shape index (κ2) is 6.39. The van der Waals surface area contributed by atoms with Gasteiger partial charge in [-0.25, -0.2) is 4.98 Å². The molecule has 0 aliphatic heterocycles. The van der Waals surface area contributed by atoms with E-state index in [-0.39, 0.29) is 0 Å². The molecule has 0 bridgehead atoms. The summed E-state index contributed by atoms with van der Waals surface area (Å²) in [6, 6.07) is 10.1. The Hall–Kier alpha value is -2.07. The zero-order chi connectivity index (χ0) is 14.5. The molecule has 4 heteroatoms. The average molecular weight is 271 g/mol. The van der Waals surface area contributed by atoms with Crippen LogP contribution in [-0.2, 0) is 6.54 Å². The second-order valence-electron chi connectivity index (χ2n) is 4.77. The van der Waals surface area contributed by atoms with Gasteiger partial charge >= 0.3 is 0 Å². The van der Waals surface area contributed by atoms with Crippen molar-refractivity contribution in [1.29, 1.82) is 0 Å². The summed E-state index contributed by atoms with van der Waals surface area (Å²) in [5.74, 6) is 1.83. The number of aromatic nitrogens is 1. The lowest BCUT2D eigenvalue weighted by molar-refractivity contribution is 0.415.